The van der Waals surface area contributed by atoms with Gasteiger partial charge < -0.3 is 33.7 Å². The maximum atomic E-state index is 12.2. The van der Waals surface area contributed by atoms with E-state index < -0.39 is 37.9 Å². The molecule has 0 radical (unpaired) electrons. The summed E-state index contributed by atoms with van der Waals surface area (Å²) in [5.41, 5.74) is 1.22. The first kappa shape index (κ1) is 22.2. The highest BCUT2D eigenvalue weighted by molar-refractivity contribution is 7.43. The molecule has 0 spiro atoms. The number of fused-ring (bicyclic) bond motifs is 2. The summed E-state index contributed by atoms with van der Waals surface area (Å²) in [7, 11) is -5.29. The molecule has 1 aromatic rings. The number of phosphoric ester groups is 1. The fourth-order valence-electron chi connectivity index (χ4n) is 3.01. The molecule has 0 unspecified atom stereocenters. The van der Waals surface area contributed by atoms with Crippen LogP contribution in [0.1, 0.15) is 17.5 Å². The van der Waals surface area contributed by atoms with E-state index in [1.165, 1.54) is 4.57 Å². The number of hydrogen-bond donors (Lipinski definition) is 3. The number of H-pyrrole nitrogens is 1. The summed E-state index contributed by atoms with van der Waals surface area (Å²) in [6, 6.07) is 3.56. The van der Waals surface area contributed by atoms with Crippen LogP contribution < -0.4 is 21.0 Å². The van der Waals surface area contributed by atoms with Crippen molar-refractivity contribution in [2.45, 2.75) is 39.0 Å². The average molecular weight is 438 g/mol. The molecule has 0 bridgehead atoms. The highest BCUT2D eigenvalue weighted by atomic mass is 31.2. The van der Waals surface area contributed by atoms with Crippen molar-refractivity contribution in [1.29, 1.82) is 0 Å². The number of hydrogen-bond acceptors (Lipinski definition) is 10. The molecule has 3 N–H and O–H groups in total. The summed E-state index contributed by atoms with van der Waals surface area (Å²) in [5, 5.41) is 20.0. The summed E-state index contributed by atoms with van der Waals surface area (Å²) < 4.78 is 16.0. The molecule has 2 atom stereocenters. The number of aliphatic hydroxyl groups excluding tert-OH is 2. The second kappa shape index (κ2) is 8.34. The van der Waals surface area contributed by atoms with Crippen molar-refractivity contribution >= 4 is 18.9 Å². The Labute approximate surface area is 169 Å². The molecule has 30 heavy (non-hydrogen) atoms. The van der Waals surface area contributed by atoms with Crippen molar-refractivity contribution < 1.29 is 29.1 Å². The van der Waals surface area contributed by atoms with E-state index >= 15 is 0 Å². The lowest BCUT2D eigenvalue weighted by molar-refractivity contribution is -0.343. The molecule has 13 heteroatoms. The van der Waals surface area contributed by atoms with Crippen LogP contribution in [0.5, 0.6) is 0 Å². The highest BCUT2D eigenvalue weighted by Crippen LogP contribution is 2.26. The van der Waals surface area contributed by atoms with Crippen molar-refractivity contribution in [2.75, 3.05) is 6.61 Å². The van der Waals surface area contributed by atoms with Gasteiger partial charge in [0, 0.05) is 6.54 Å². The molecule has 3 rings (SSSR count). The van der Waals surface area contributed by atoms with Crippen LogP contribution in [0.25, 0.3) is 22.6 Å². The van der Waals surface area contributed by atoms with Gasteiger partial charge in [0.1, 0.15) is 6.10 Å². The Balaban J connectivity index is 2.00. The predicted octanol–water partition coefficient (Wildman–Crippen LogP) is -1.84. The van der Waals surface area contributed by atoms with Gasteiger partial charge in [-0.15, -0.1) is 0 Å². The third-order valence-corrected chi connectivity index (χ3v) is 5.19. The minimum absolute atomic E-state index is 0.000982. The van der Waals surface area contributed by atoms with Crippen LogP contribution in [0.2, 0.25) is 0 Å². The van der Waals surface area contributed by atoms with Crippen molar-refractivity contribution in [3.05, 3.63) is 44.1 Å². The largest absolute Gasteiger partial charge is 0.790 e. The first-order valence-corrected chi connectivity index (χ1v) is 10.4. The van der Waals surface area contributed by atoms with Crippen molar-refractivity contribution in [2.24, 2.45) is 0 Å². The topological polar surface area (TPSA) is 194 Å². The Morgan fingerprint density at radius 1 is 1.17 bits per heavy atom. The normalized spacial score (nSPS) is 14.3. The number of nitrogens with one attached hydrogen (secondary N) is 1. The lowest BCUT2D eigenvalue weighted by Gasteiger charge is -2.30. The molecule has 2 aliphatic heterocycles. The molecular weight excluding hydrogens is 419 g/mol. The van der Waals surface area contributed by atoms with Gasteiger partial charge in [0.15, 0.2) is 11.5 Å². The summed E-state index contributed by atoms with van der Waals surface area (Å²) in [4.78, 5) is 55.2. The van der Waals surface area contributed by atoms with Crippen LogP contribution in [0, 0.1) is 13.8 Å². The molecule has 2 heterocycles. The van der Waals surface area contributed by atoms with E-state index in [0.717, 1.165) is 11.1 Å². The first-order chi connectivity index (χ1) is 14.0. The van der Waals surface area contributed by atoms with Crippen molar-refractivity contribution in [3.63, 3.8) is 0 Å². The van der Waals surface area contributed by atoms with Crippen LogP contribution >= 0.6 is 7.82 Å². The molecule has 0 fully saturated rings. The average Bonchev–Trinajstić information content (AvgIpc) is 2.64. The lowest BCUT2D eigenvalue weighted by atomic mass is 10.1. The van der Waals surface area contributed by atoms with Crippen LogP contribution in [0.15, 0.2) is 21.7 Å². The standard InChI is InChI=1S/C17H21N4O8P/c1-8-5-10-11(6-9(8)2)21(15-14(18-10)16(24)20-17(25)19-15)4-3-12(22)13(23)7-29-30(26,27)28/h5-6,12-13,22-23H,3-4,7H2,1-2H3,(H,20,24,25)(H2,26,27,28)/p-2/t12-,13+/m1/s1. The molecule has 0 aromatic heterocycles. The smallest absolute Gasteiger partial charge is 0.349 e. The molecule has 1 aromatic carbocycles. The van der Waals surface area contributed by atoms with Crippen molar-refractivity contribution in [1.82, 2.24) is 19.5 Å². The molecule has 0 aliphatic carbocycles. The number of nitrogens with zero attached hydrogens (tertiary/aromatic N) is 3. The van der Waals surface area contributed by atoms with E-state index in [9.17, 15) is 34.2 Å². The van der Waals surface area contributed by atoms with Gasteiger partial charge in [-0.2, -0.15) is 4.98 Å². The Morgan fingerprint density at radius 2 is 1.83 bits per heavy atom. The van der Waals surface area contributed by atoms with Crippen molar-refractivity contribution in [3.8, 4) is 11.5 Å². The molecular formula is C17H19N4O8P-2. The number of aromatic amines is 1. The van der Waals surface area contributed by atoms with Crippen LogP contribution in [-0.2, 0) is 15.6 Å². The SMILES string of the molecule is Cc1cc2nc3c(=O)[nH]c(=O)nc-3n(CC[C@@H](O)[C@@H](O)COP(=O)([O-])[O-])c2cc1C. The third-order valence-electron chi connectivity index (χ3n) is 4.72. The number of aryl methyl sites for hydroxylation is 3. The van der Waals surface area contributed by atoms with E-state index in [1.54, 1.807) is 12.1 Å². The number of benzene rings is 1. The molecule has 0 saturated heterocycles. The van der Waals surface area contributed by atoms with E-state index in [0.29, 0.717) is 11.0 Å². The first-order valence-electron chi connectivity index (χ1n) is 8.91. The summed E-state index contributed by atoms with van der Waals surface area (Å²) in [6.45, 7) is 2.85. The quantitative estimate of drug-likeness (QED) is 0.279. The zero-order chi connectivity index (χ0) is 22.2. The van der Waals surface area contributed by atoms with Gasteiger partial charge in [0.05, 0.1) is 31.6 Å². The Hall–Kier alpha value is -2.47. The maximum absolute atomic E-state index is 12.2. The maximum Gasteiger partial charge on any atom is 0.349 e. The second-order valence-corrected chi connectivity index (χ2v) is 8.05. The van der Waals surface area contributed by atoms with Gasteiger partial charge >= 0.3 is 5.69 Å². The number of aliphatic hydroxyl groups is 2. The fraction of sp³-hybridized carbons (Fsp3) is 0.412. The van der Waals surface area contributed by atoms with E-state index in [-0.39, 0.29) is 24.5 Å². The number of aromatic nitrogens is 4. The van der Waals surface area contributed by atoms with E-state index in [2.05, 4.69) is 19.5 Å². The predicted molar refractivity (Wildman–Crippen MR) is 101 cm³/mol. The zero-order valence-corrected chi connectivity index (χ0v) is 17.0. The third kappa shape index (κ3) is 4.81. The van der Waals surface area contributed by atoms with Gasteiger partial charge in [-0.25, -0.2) is 9.78 Å². The summed E-state index contributed by atoms with van der Waals surface area (Å²) >= 11 is 0. The minimum Gasteiger partial charge on any atom is -0.790 e. The Kier molecular flexibility index (Phi) is 6.18. The fourth-order valence-corrected chi connectivity index (χ4v) is 3.34. The molecule has 162 valence electrons. The van der Waals surface area contributed by atoms with Gasteiger partial charge in [-0.1, -0.05) is 0 Å². The summed E-state index contributed by atoms with van der Waals surface area (Å²) in [6.07, 6.45) is -3.22. The molecule has 0 amide bonds. The Morgan fingerprint density at radius 3 is 2.50 bits per heavy atom. The highest BCUT2D eigenvalue weighted by Gasteiger charge is 2.22. The summed E-state index contributed by atoms with van der Waals surface area (Å²) in [5.74, 6) is 0.000982. The molecule has 0 saturated carbocycles. The van der Waals surface area contributed by atoms with E-state index in [4.69, 9.17) is 0 Å². The van der Waals surface area contributed by atoms with Crippen LogP contribution in [-0.4, -0.2) is 48.5 Å². The Bertz CT molecular complexity index is 1220. The van der Waals surface area contributed by atoms with Gasteiger partial charge in [0.25, 0.3) is 5.56 Å². The van der Waals surface area contributed by atoms with E-state index in [1.807, 2.05) is 13.8 Å². The van der Waals surface area contributed by atoms with Gasteiger partial charge in [0.2, 0.25) is 0 Å². The number of phosphoric acid groups is 1. The van der Waals surface area contributed by atoms with Crippen LogP contribution in [0.3, 0.4) is 0 Å². The second-order valence-electron chi connectivity index (χ2n) is 6.90. The molecule has 12 nitrogen and oxygen atoms in total. The van der Waals surface area contributed by atoms with Gasteiger partial charge in [-0.05, 0) is 43.5 Å². The van der Waals surface area contributed by atoms with Crippen LogP contribution in [0.4, 0.5) is 0 Å². The minimum atomic E-state index is -5.29. The molecule has 2 aliphatic rings. The monoisotopic (exact) mass is 438 g/mol. The zero-order valence-electron chi connectivity index (χ0n) is 16.1. The lowest BCUT2D eigenvalue weighted by Crippen LogP contribution is -2.33. The van der Waals surface area contributed by atoms with Gasteiger partial charge in [-0.3, -0.25) is 9.78 Å². The number of rotatable bonds is 7.